The van der Waals surface area contributed by atoms with Gasteiger partial charge >= 0.3 is 0 Å². The lowest BCUT2D eigenvalue weighted by atomic mass is 10.1. The summed E-state index contributed by atoms with van der Waals surface area (Å²) in [4.78, 5) is 15.1. The largest absolute Gasteiger partial charge is 0.345 e. The zero-order chi connectivity index (χ0) is 15.4. The van der Waals surface area contributed by atoms with Crippen LogP contribution in [0.25, 0.3) is 0 Å². The van der Waals surface area contributed by atoms with Crippen LogP contribution in [0, 0.1) is 23.1 Å². The Morgan fingerprint density at radius 3 is 2.57 bits per heavy atom. The van der Waals surface area contributed by atoms with Crippen LogP contribution in [0.15, 0.2) is 36.5 Å². The van der Waals surface area contributed by atoms with Gasteiger partial charge in [0.2, 0.25) is 5.95 Å². The summed E-state index contributed by atoms with van der Waals surface area (Å²) in [6.45, 7) is 1.70. The van der Waals surface area contributed by atoms with Crippen molar-refractivity contribution in [3.05, 3.63) is 65.0 Å². The van der Waals surface area contributed by atoms with Crippen molar-refractivity contribution >= 4 is 5.91 Å². The second-order valence-electron chi connectivity index (χ2n) is 4.39. The predicted molar refractivity (Wildman–Crippen MR) is 71.2 cm³/mol. The number of carbonyl (C=O) groups is 1. The second-order valence-corrected chi connectivity index (χ2v) is 4.39. The first-order valence-electron chi connectivity index (χ1n) is 6.14. The molecule has 0 saturated heterocycles. The molecule has 1 aromatic carbocycles. The van der Waals surface area contributed by atoms with Gasteiger partial charge in [0.25, 0.3) is 5.91 Å². The third kappa shape index (κ3) is 3.20. The fraction of sp³-hybridized carbons (Fsp3) is 0.133. The van der Waals surface area contributed by atoms with Crippen molar-refractivity contribution in [1.29, 1.82) is 5.26 Å². The van der Waals surface area contributed by atoms with Gasteiger partial charge in [-0.2, -0.15) is 9.65 Å². The highest BCUT2D eigenvalue weighted by atomic mass is 19.2. The number of pyridine rings is 1. The van der Waals surface area contributed by atoms with E-state index in [0.717, 1.165) is 17.8 Å². The zero-order valence-corrected chi connectivity index (χ0v) is 11.1. The number of nitrogens with one attached hydrogen (secondary N) is 1. The summed E-state index contributed by atoms with van der Waals surface area (Å²) in [7, 11) is 0. The maximum atomic E-state index is 13.5. The van der Waals surface area contributed by atoms with Gasteiger partial charge in [-0.25, -0.2) is 9.37 Å². The van der Waals surface area contributed by atoms with Gasteiger partial charge in [-0.05, 0) is 30.7 Å². The number of nitrogens with zero attached hydrogens (tertiary/aromatic N) is 2. The number of nitriles is 1. The molecule has 2 rings (SSSR count). The molecule has 0 radical (unpaired) electrons. The van der Waals surface area contributed by atoms with Gasteiger partial charge in [0.15, 0.2) is 5.82 Å². The Bertz CT molecular complexity index is 708. The molecule has 0 saturated carbocycles. The fourth-order valence-electron chi connectivity index (χ4n) is 1.80. The number of benzene rings is 1. The molecule has 4 nitrogen and oxygen atoms in total. The number of hydrogen-bond acceptors (Lipinski definition) is 3. The van der Waals surface area contributed by atoms with Crippen LogP contribution >= 0.6 is 0 Å². The monoisotopic (exact) mass is 287 g/mol. The molecule has 0 spiro atoms. The molecule has 0 aliphatic carbocycles. The fourth-order valence-corrected chi connectivity index (χ4v) is 1.80. The van der Waals surface area contributed by atoms with Crippen LogP contribution in [0.3, 0.4) is 0 Å². The average Bonchev–Trinajstić information content (AvgIpc) is 2.50. The van der Waals surface area contributed by atoms with Crippen molar-refractivity contribution < 1.29 is 13.6 Å². The van der Waals surface area contributed by atoms with Gasteiger partial charge in [-0.3, -0.25) is 4.79 Å². The Balaban J connectivity index is 2.15. The predicted octanol–water partition coefficient (Wildman–Crippen LogP) is 2.72. The quantitative estimate of drug-likeness (QED) is 0.883. The molecule has 1 amide bonds. The first-order valence-corrected chi connectivity index (χ1v) is 6.14. The molecular formula is C15H11F2N3O. The van der Waals surface area contributed by atoms with E-state index in [-0.39, 0.29) is 0 Å². The summed E-state index contributed by atoms with van der Waals surface area (Å²) in [5.74, 6) is -3.32. The molecule has 6 heteroatoms. The topological polar surface area (TPSA) is 65.8 Å². The number of rotatable bonds is 3. The lowest BCUT2D eigenvalue weighted by Crippen LogP contribution is -2.27. The van der Waals surface area contributed by atoms with Crippen molar-refractivity contribution in [2.24, 2.45) is 0 Å². The second kappa shape index (κ2) is 6.09. The van der Waals surface area contributed by atoms with Crippen LogP contribution in [0.2, 0.25) is 0 Å². The zero-order valence-electron chi connectivity index (χ0n) is 11.1. The van der Waals surface area contributed by atoms with E-state index in [4.69, 9.17) is 5.26 Å². The minimum atomic E-state index is -1.31. The lowest BCUT2D eigenvalue weighted by Gasteiger charge is -2.14. The Hall–Kier alpha value is -2.81. The van der Waals surface area contributed by atoms with Crippen LogP contribution in [-0.4, -0.2) is 10.9 Å². The maximum absolute atomic E-state index is 13.5. The molecule has 1 heterocycles. The highest BCUT2D eigenvalue weighted by molar-refractivity contribution is 5.94. The van der Waals surface area contributed by atoms with Gasteiger partial charge in [0.05, 0.1) is 23.2 Å². The first-order chi connectivity index (χ1) is 10.0. The van der Waals surface area contributed by atoms with Gasteiger partial charge < -0.3 is 5.32 Å². The van der Waals surface area contributed by atoms with Crippen molar-refractivity contribution in [3.63, 3.8) is 0 Å². The highest BCUT2D eigenvalue weighted by Gasteiger charge is 2.18. The molecule has 1 N–H and O–H groups in total. The minimum Gasteiger partial charge on any atom is -0.345 e. The van der Waals surface area contributed by atoms with E-state index in [2.05, 4.69) is 10.3 Å². The Morgan fingerprint density at radius 2 is 1.95 bits per heavy atom. The SMILES string of the molecule is CC(NC(=O)c1ccnc(F)c1F)c1ccc(C#N)cc1. The number of amides is 1. The highest BCUT2D eigenvalue weighted by Crippen LogP contribution is 2.15. The van der Waals surface area contributed by atoms with Gasteiger partial charge in [-0.1, -0.05) is 12.1 Å². The minimum absolute atomic E-state index is 0.400. The third-order valence-electron chi connectivity index (χ3n) is 2.98. The normalized spacial score (nSPS) is 11.5. The molecule has 0 fully saturated rings. The van der Waals surface area contributed by atoms with E-state index in [9.17, 15) is 13.6 Å². The molecule has 0 aliphatic heterocycles. The first kappa shape index (κ1) is 14.6. The van der Waals surface area contributed by atoms with E-state index >= 15 is 0 Å². The molecule has 106 valence electrons. The summed E-state index contributed by atoms with van der Waals surface area (Å²) in [5.41, 5.74) is 0.847. The van der Waals surface area contributed by atoms with Crippen molar-refractivity contribution in [1.82, 2.24) is 10.3 Å². The number of hydrogen-bond donors (Lipinski definition) is 1. The smallest absolute Gasteiger partial charge is 0.254 e. The maximum Gasteiger partial charge on any atom is 0.254 e. The summed E-state index contributed by atoms with van der Waals surface area (Å²) in [6.07, 6.45) is 1.03. The van der Waals surface area contributed by atoms with Crippen LogP contribution in [-0.2, 0) is 0 Å². The van der Waals surface area contributed by atoms with Crippen LogP contribution in [0.4, 0.5) is 8.78 Å². The Kier molecular flexibility index (Phi) is 4.24. The summed E-state index contributed by atoms with van der Waals surface area (Å²) >= 11 is 0. The Morgan fingerprint density at radius 1 is 1.29 bits per heavy atom. The Labute approximate surface area is 120 Å². The molecule has 2 aromatic rings. The van der Waals surface area contributed by atoms with Crippen molar-refractivity contribution in [3.8, 4) is 6.07 Å². The molecule has 21 heavy (non-hydrogen) atoms. The van der Waals surface area contributed by atoms with E-state index in [1.54, 1.807) is 31.2 Å². The molecule has 0 aliphatic rings. The molecule has 1 unspecified atom stereocenters. The number of halogens is 2. The van der Waals surface area contributed by atoms with E-state index in [1.165, 1.54) is 0 Å². The van der Waals surface area contributed by atoms with Gasteiger partial charge in [-0.15, -0.1) is 0 Å². The standard InChI is InChI=1S/C15H11F2N3O/c1-9(11-4-2-10(8-18)3-5-11)20-15(21)12-6-7-19-14(17)13(12)16/h2-7,9H,1H3,(H,20,21). The van der Waals surface area contributed by atoms with E-state index < -0.39 is 29.3 Å². The summed E-state index contributed by atoms with van der Waals surface area (Å²) < 4.78 is 26.5. The average molecular weight is 287 g/mol. The van der Waals surface area contributed by atoms with Gasteiger partial charge in [0, 0.05) is 6.20 Å². The van der Waals surface area contributed by atoms with Gasteiger partial charge in [0.1, 0.15) is 0 Å². The lowest BCUT2D eigenvalue weighted by molar-refractivity contribution is 0.0934. The summed E-state index contributed by atoms with van der Waals surface area (Å²) in [6, 6.07) is 9.29. The molecule has 1 aromatic heterocycles. The van der Waals surface area contributed by atoms with E-state index in [0.29, 0.717) is 5.56 Å². The van der Waals surface area contributed by atoms with Crippen molar-refractivity contribution in [2.75, 3.05) is 0 Å². The summed E-state index contributed by atoms with van der Waals surface area (Å²) in [5, 5.41) is 11.3. The number of carbonyl (C=O) groups excluding carboxylic acids is 1. The molecule has 0 bridgehead atoms. The van der Waals surface area contributed by atoms with Crippen molar-refractivity contribution in [2.45, 2.75) is 13.0 Å². The number of aromatic nitrogens is 1. The van der Waals surface area contributed by atoms with Crippen LogP contribution in [0.5, 0.6) is 0 Å². The molecule has 1 atom stereocenters. The van der Waals surface area contributed by atoms with Crippen LogP contribution < -0.4 is 5.32 Å². The third-order valence-corrected chi connectivity index (χ3v) is 2.98. The van der Waals surface area contributed by atoms with E-state index in [1.807, 2.05) is 6.07 Å². The van der Waals surface area contributed by atoms with Crippen LogP contribution in [0.1, 0.15) is 34.5 Å². The molecular weight excluding hydrogens is 276 g/mol.